The van der Waals surface area contributed by atoms with Crippen LogP contribution in [0.2, 0.25) is 5.02 Å². The normalized spacial score (nSPS) is 12.4. The summed E-state index contributed by atoms with van der Waals surface area (Å²) in [6.45, 7) is 4.60. The van der Waals surface area contributed by atoms with Crippen molar-refractivity contribution < 1.29 is 9.84 Å². The van der Waals surface area contributed by atoms with Gasteiger partial charge in [-0.25, -0.2) is 0 Å². The summed E-state index contributed by atoms with van der Waals surface area (Å²) in [5, 5.41) is 15.4. The summed E-state index contributed by atoms with van der Waals surface area (Å²) in [5.41, 5.74) is 2.46. The molecule has 2 rings (SSSR count). The zero-order valence-corrected chi connectivity index (χ0v) is 12.7. The van der Waals surface area contributed by atoms with Crippen molar-refractivity contribution in [3.05, 3.63) is 46.2 Å². The monoisotopic (exact) mass is 294 g/mol. The van der Waals surface area contributed by atoms with Crippen LogP contribution in [0, 0.1) is 6.92 Å². The van der Waals surface area contributed by atoms with Crippen molar-refractivity contribution >= 4 is 11.6 Å². The average molecular weight is 295 g/mol. The summed E-state index contributed by atoms with van der Waals surface area (Å²) in [4.78, 5) is 0. The van der Waals surface area contributed by atoms with E-state index in [1.165, 1.54) is 0 Å². The van der Waals surface area contributed by atoms with Gasteiger partial charge in [-0.05, 0) is 31.5 Å². The molecule has 20 heavy (non-hydrogen) atoms. The van der Waals surface area contributed by atoms with Crippen molar-refractivity contribution in [3.8, 4) is 5.75 Å². The molecule has 0 saturated heterocycles. The Hall–Kier alpha value is -1.52. The highest BCUT2D eigenvalue weighted by Crippen LogP contribution is 2.27. The van der Waals surface area contributed by atoms with Crippen LogP contribution in [0.5, 0.6) is 5.75 Å². The molecule has 0 amide bonds. The summed E-state index contributed by atoms with van der Waals surface area (Å²) >= 11 is 6.26. The minimum absolute atomic E-state index is 0.431. The molecule has 1 unspecified atom stereocenters. The highest BCUT2D eigenvalue weighted by atomic mass is 35.5. The molecule has 108 valence electrons. The van der Waals surface area contributed by atoms with Crippen LogP contribution >= 0.6 is 11.6 Å². The smallest absolute Gasteiger partial charge is 0.119 e. The van der Waals surface area contributed by atoms with Gasteiger partial charge in [0.15, 0.2) is 0 Å². The van der Waals surface area contributed by atoms with Gasteiger partial charge in [0.25, 0.3) is 0 Å². The summed E-state index contributed by atoms with van der Waals surface area (Å²) in [5.74, 6) is 0.729. The van der Waals surface area contributed by atoms with E-state index in [9.17, 15) is 5.11 Å². The number of aliphatic hydroxyl groups excluding tert-OH is 1. The number of halogens is 1. The predicted molar refractivity (Wildman–Crippen MR) is 79.3 cm³/mol. The van der Waals surface area contributed by atoms with Crippen molar-refractivity contribution in [2.75, 3.05) is 7.11 Å². The zero-order chi connectivity index (χ0) is 14.7. The molecule has 0 aliphatic carbocycles. The second kappa shape index (κ2) is 6.29. The Balaban J connectivity index is 2.25. The maximum atomic E-state index is 10.4. The van der Waals surface area contributed by atoms with Crippen LogP contribution in [0.4, 0.5) is 0 Å². The summed E-state index contributed by atoms with van der Waals surface area (Å²) in [6, 6.07) is 7.42. The second-order valence-electron chi connectivity index (χ2n) is 4.66. The molecule has 0 bridgehead atoms. The molecule has 0 saturated carbocycles. The van der Waals surface area contributed by atoms with Crippen LogP contribution in [0.25, 0.3) is 0 Å². The van der Waals surface area contributed by atoms with E-state index in [2.05, 4.69) is 5.10 Å². The Morgan fingerprint density at radius 2 is 2.20 bits per heavy atom. The molecular formula is C15H19ClN2O2. The fourth-order valence-electron chi connectivity index (χ4n) is 2.21. The number of rotatable bonds is 5. The van der Waals surface area contributed by atoms with Crippen LogP contribution in [0.1, 0.15) is 30.0 Å². The fraction of sp³-hybridized carbons (Fsp3) is 0.400. The number of methoxy groups -OCH3 is 1. The molecule has 1 N–H and O–H groups in total. The van der Waals surface area contributed by atoms with Gasteiger partial charge in [-0.1, -0.05) is 23.7 Å². The minimum atomic E-state index is -0.635. The molecule has 5 heteroatoms. The van der Waals surface area contributed by atoms with Crippen LogP contribution in [-0.4, -0.2) is 22.0 Å². The first-order valence-corrected chi connectivity index (χ1v) is 6.98. The Morgan fingerprint density at radius 1 is 1.45 bits per heavy atom. The second-order valence-corrected chi connectivity index (χ2v) is 5.04. The van der Waals surface area contributed by atoms with Gasteiger partial charge in [-0.15, -0.1) is 0 Å². The summed E-state index contributed by atoms with van der Waals surface area (Å²) in [6.07, 6.45) is -0.204. The third-order valence-corrected chi connectivity index (χ3v) is 3.81. The third kappa shape index (κ3) is 2.97. The summed E-state index contributed by atoms with van der Waals surface area (Å²) in [7, 11) is 1.61. The van der Waals surface area contributed by atoms with Gasteiger partial charge in [0.2, 0.25) is 0 Å². The third-order valence-electron chi connectivity index (χ3n) is 3.32. The molecule has 4 nitrogen and oxygen atoms in total. The first-order valence-electron chi connectivity index (χ1n) is 6.60. The van der Waals surface area contributed by atoms with Gasteiger partial charge in [0.05, 0.1) is 29.6 Å². The van der Waals surface area contributed by atoms with E-state index in [1.807, 2.05) is 42.8 Å². The van der Waals surface area contributed by atoms with Gasteiger partial charge in [0, 0.05) is 13.0 Å². The molecule has 1 aromatic carbocycles. The average Bonchev–Trinajstić information content (AvgIpc) is 2.75. The van der Waals surface area contributed by atoms with Crippen LogP contribution < -0.4 is 4.74 Å². The van der Waals surface area contributed by atoms with E-state index in [0.29, 0.717) is 11.4 Å². The van der Waals surface area contributed by atoms with Crippen molar-refractivity contribution in [3.63, 3.8) is 0 Å². The molecular weight excluding hydrogens is 276 g/mol. The van der Waals surface area contributed by atoms with E-state index in [-0.39, 0.29) is 0 Å². The SMILES string of the molecule is CCn1nc(C)c(Cl)c1CC(O)c1cccc(OC)c1. The topological polar surface area (TPSA) is 47.3 Å². The van der Waals surface area contributed by atoms with Gasteiger partial charge in [-0.3, -0.25) is 4.68 Å². The number of aryl methyl sites for hydroxylation is 2. The first-order chi connectivity index (χ1) is 9.56. The molecule has 1 heterocycles. The first kappa shape index (κ1) is 14.9. The van der Waals surface area contributed by atoms with E-state index < -0.39 is 6.10 Å². The fourth-order valence-corrected chi connectivity index (χ4v) is 2.43. The standard InChI is InChI=1S/C15H19ClN2O2/c1-4-18-13(15(16)10(2)17-18)9-14(19)11-6-5-7-12(8-11)20-3/h5-8,14,19H,4,9H2,1-3H3. The maximum absolute atomic E-state index is 10.4. The van der Waals surface area contributed by atoms with E-state index in [1.54, 1.807) is 7.11 Å². The van der Waals surface area contributed by atoms with Gasteiger partial charge < -0.3 is 9.84 Å². The Labute approximate surface area is 123 Å². The number of aromatic nitrogens is 2. The quantitative estimate of drug-likeness (QED) is 0.921. The Kier molecular flexibility index (Phi) is 4.68. The number of hydrogen-bond donors (Lipinski definition) is 1. The molecule has 0 radical (unpaired) electrons. The number of benzene rings is 1. The van der Waals surface area contributed by atoms with E-state index in [4.69, 9.17) is 16.3 Å². The van der Waals surface area contributed by atoms with Crippen LogP contribution in [0.15, 0.2) is 24.3 Å². The van der Waals surface area contributed by atoms with E-state index >= 15 is 0 Å². The molecule has 1 aromatic heterocycles. The van der Waals surface area contributed by atoms with Crippen molar-refractivity contribution in [1.29, 1.82) is 0 Å². The number of nitrogens with zero attached hydrogens (tertiary/aromatic N) is 2. The highest BCUT2D eigenvalue weighted by molar-refractivity contribution is 6.31. The highest BCUT2D eigenvalue weighted by Gasteiger charge is 2.17. The molecule has 1 atom stereocenters. The number of aliphatic hydroxyl groups is 1. The van der Waals surface area contributed by atoms with Gasteiger partial charge in [0.1, 0.15) is 5.75 Å². The van der Waals surface area contributed by atoms with Crippen molar-refractivity contribution in [2.45, 2.75) is 32.9 Å². The van der Waals surface area contributed by atoms with Gasteiger partial charge in [-0.2, -0.15) is 5.10 Å². The predicted octanol–water partition coefficient (Wildman–Crippen LogP) is 3.15. The number of hydrogen-bond acceptors (Lipinski definition) is 3. The van der Waals surface area contributed by atoms with Crippen molar-refractivity contribution in [2.24, 2.45) is 0 Å². The lowest BCUT2D eigenvalue weighted by atomic mass is 10.0. The lowest BCUT2D eigenvalue weighted by Gasteiger charge is -2.13. The number of ether oxygens (including phenoxy) is 1. The van der Waals surface area contributed by atoms with Crippen LogP contribution in [0.3, 0.4) is 0 Å². The lowest BCUT2D eigenvalue weighted by molar-refractivity contribution is 0.175. The van der Waals surface area contributed by atoms with Gasteiger partial charge >= 0.3 is 0 Å². The molecule has 0 fully saturated rings. The molecule has 2 aromatic rings. The Morgan fingerprint density at radius 3 is 2.85 bits per heavy atom. The minimum Gasteiger partial charge on any atom is -0.497 e. The maximum Gasteiger partial charge on any atom is 0.119 e. The molecule has 0 aliphatic rings. The van der Waals surface area contributed by atoms with Crippen molar-refractivity contribution in [1.82, 2.24) is 9.78 Å². The summed E-state index contributed by atoms with van der Waals surface area (Å²) < 4.78 is 7.01. The van der Waals surface area contributed by atoms with E-state index in [0.717, 1.165) is 29.2 Å². The zero-order valence-electron chi connectivity index (χ0n) is 11.9. The van der Waals surface area contributed by atoms with Crippen LogP contribution in [-0.2, 0) is 13.0 Å². The molecule has 0 spiro atoms. The molecule has 0 aliphatic heterocycles. The lowest BCUT2D eigenvalue weighted by Crippen LogP contribution is -2.09. The largest absolute Gasteiger partial charge is 0.497 e. The Bertz CT molecular complexity index is 596.